The van der Waals surface area contributed by atoms with E-state index < -0.39 is 0 Å². The predicted molar refractivity (Wildman–Crippen MR) is 83.3 cm³/mol. The Bertz CT molecular complexity index is 604. The fourth-order valence-electron chi connectivity index (χ4n) is 2.99. The molecule has 0 unspecified atom stereocenters. The lowest BCUT2D eigenvalue weighted by Gasteiger charge is -2.47. The Labute approximate surface area is 129 Å². The zero-order valence-electron chi connectivity index (χ0n) is 11.6. The first-order valence-electron chi connectivity index (χ1n) is 7.04. The van der Waals surface area contributed by atoms with Crippen molar-refractivity contribution in [3.05, 3.63) is 64.7 Å². The molecule has 0 aromatic heterocycles. The molecule has 21 heavy (non-hydrogen) atoms. The SMILES string of the molecule is Oc1cc(Cl)cc(CNC2(c3ccccc3)CC(O)C2)c1. The summed E-state index contributed by atoms with van der Waals surface area (Å²) in [7, 11) is 0. The van der Waals surface area contributed by atoms with Gasteiger partial charge in [0.2, 0.25) is 0 Å². The molecule has 0 heterocycles. The van der Waals surface area contributed by atoms with Crippen molar-refractivity contribution in [2.45, 2.75) is 31.0 Å². The Morgan fingerprint density at radius 3 is 2.48 bits per heavy atom. The number of aliphatic hydroxyl groups is 1. The Morgan fingerprint density at radius 1 is 1.14 bits per heavy atom. The van der Waals surface area contributed by atoms with E-state index in [0.29, 0.717) is 24.4 Å². The molecule has 0 saturated heterocycles. The topological polar surface area (TPSA) is 52.5 Å². The van der Waals surface area contributed by atoms with Crippen molar-refractivity contribution in [3.8, 4) is 5.75 Å². The minimum Gasteiger partial charge on any atom is -0.508 e. The maximum atomic E-state index is 9.73. The van der Waals surface area contributed by atoms with E-state index >= 15 is 0 Å². The second-order valence-corrected chi connectivity index (χ2v) is 6.12. The fraction of sp³-hybridized carbons (Fsp3) is 0.294. The number of aromatic hydroxyl groups is 1. The average Bonchev–Trinajstić information content (AvgIpc) is 2.42. The summed E-state index contributed by atoms with van der Waals surface area (Å²) < 4.78 is 0. The number of benzene rings is 2. The van der Waals surface area contributed by atoms with E-state index in [0.717, 1.165) is 5.56 Å². The minimum atomic E-state index is -0.259. The number of phenols is 1. The van der Waals surface area contributed by atoms with Crippen molar-refractivity contribution in [1.29, 1.82) is 0 Å². The van der Waals surface area contributed by atoms with Gasteiger partial charge in [0.25, 0.3) is 0 Å². The number of halogens is 1. The zero-order valence-corrected chi connectivity index (χ0v) is 12.3. The van der Waals surface area contributed by atoms with E-state index in [1.54, 1.807) is 6.07 Å². The lowest BCUT2D eigenvalue weighted by Crippen LogP contribution is -2.54. The molecule has 0 aliphatic heterocycles. The summed E-state index contributed by atoms with van der Waals surface area (Å²) in [6.07, 6.45) is 1.14. The number of aliphatic hydroxyl groups excluding tert-OH is 1. The van der Waals surface area contributed by atoms with Crippen LogP contribution in [0.15, 0.2) is 48.5 Å². The lowest BCUT2D eigenvalue weighted by atomic mass is 9.69. The average molecular weight is 304 g/mol. The van der Waals surface area contributed by atoms with Gasteiger partial charge in [0, 0.05) is 17.1 Å². The van der Waals surface area contributed by atoms with Crippen molar-refractivity contribution < 1.29 is 10.2 Å². The van der Waals surface area contributed by atoms with Gasteiger partial charge in [-0.3, -0.25) is 0 Å². The predicted octanol–water partition coefficient (Wildman–Crippen LogP) is 3.19. The van der Waals surface area contributed by atoms with E-state index in [-0.39, 0.29) is 17.4 Å². The van der Waals surface area contributed by atoms with E-state index in [4.69, 9.17) is 11.6 Å². The minimum absolute atomic E-state index is 0.168. The van der Waals surface area contributed by atoms with Gasteiger partial charge in [0.1, 0.15) is 5.75 Å². The van der Waals surface area contributed by atoms with Crippen molar-refractivity contribution in [2.75, 3.05) is 0 Å². The molecule has 110 valence electrons. The van der Waals surface area contributed by atoms with Gasteiger partial charge in [0.15, 0.2) is 0 Å². The maximum Gasteiger partial charge on any atom is 0.117 e. The van der Waals surface area contributed by atoms with Gasteiger partial charge >= 0.3 is 0 Å². The molecule has 2 aromatic carbocycles. The highest BCUT2D eigenvalue weighted by Crippen LogP contribution is 2.41. The normalized spacial score (nSPS) is 24.6. The van der Waals surface area contributed by atoms with E-state index in [1.165, 1.54) is 11.6 Å². The summed E-state index contributed by atoms with van der Waals surface area (Å²) >= 11 is 5.96. The van der Waals surface area contributed by atoms with Crippen LogP contribution in [0.5, 0.6) is 5.75 Å². The molecule has 0 spiro atoms. The summed E-state index contributed by atoms with van der Waals surface area (Å²) in [5.74, 6) is 0.168. The van der Waals surface area contributed by atoms with Gasteiger partial charge in [-0.2, -0.15) is 0 Å². The Hall–Kier alpha value is -1.55. The molecule has 1 fully saturated rings. The molecule has 0 amide bonds. The quantitative estimate of drug-likeness (QED) is 0.813. The summed E-state index contributed by atoms with van der Waals surface area (Å²) in [4.78, 5) is 0. The van der Waals surface area contributed by atoms with Gasteiger partial charge in [-0.1, -0.05) is 41.9 Å². The zero-order chi connectivity index (χ0) is 14.9. The van der Waals surface area contributed by atoms with Crippen molar-refractivity contribution in [3.63, 3.8) is 0 Å². The second kappa shape index (κ2) is 5.68. The molecule has 1 aliphatic carbocycles. The van der Waals surface area contributed by atoms with Crippen LogP contribution in [0.4, 0.5) is 0 Å². The Balaban J connectivity index is 1.78. The summed E-state index contributed by atoms with van der Waals surface area (Å²) in [5.41, 5.74) is 1.91. The maximum absolute atomic E-state index is 9.73. The fourth-order valence-corrected chi connectivity index (χ4v) is 3.24. The second-order valence-electron chi connectivity index (χ2n) is 5.68. The molecular weight excluding hydrogens is 286 g/mol. The van der Waals surface area contributed by atoms with Crippen molar-refractivity contribution >= 4 is 11.6 Å². The third-order valence-electron chi connectivity index (χ3n) is 4.07. The highest BCUT2D eigenvalue weighted by molar-refractivity contribution is 6.30. The van der Waals surface area contributed by atoms with Crippen LogP contribution < -0.4 is 5.32 Å². The molecule has 0 atom stereocenters. The van der Waals surface area contributed by atoms with Crippen LogP contribution in [0.3, 0.4) is 0 Å². The van der Waals surface area contributed by atoms with Crippen LogP contribution in [-0.4, -0.2) is 16.3 Å². The van der Waals surface area contributed by atoms with Crippen LogP contribution in [-0.2, 0) is 12.1 Å². The van der Waals surface area contributed by atoms with Crippen LogP contribution in [0.2, 0.25) is 5.02 Å². The Morgan fingerprint density at radius 2 is 1.86 bits per heavy atom. The molecule has 0 radical (unpaired) electrons. The van der Waals surface area contributed by atoms with Crippen LogP contribution in [0, 0.1) is 0 Å². The van der Waals surface area contributed by atoms with E-state index in [2.05, 4.69) is 17.4 Å². The number of nitrogens with one attached hydrogen (secondary N) is 1. The van der Waals surface area contributed by atoms with Gasteiger partial charge in [0.05, 0.1) is 6.10 Å². The number of hydrogen-bond donors (Lipinski definition) is 3. The smallest absolute Gasteiger partial charge is 0.117 e. The first-order valence-corrected chi connectivity index (χ1v) is 7.42. The molecule has 2 aromatic rings. The number of hydrogen-bond acceptors (Lipinski definition) is 3. The first kappa shape index (κ1) is 14.4. The number of phenolic OH excluding ortho intramolecular Hbond substituents is 1. The number of rotatable bonds is 4. The largest absolute Gasteiger partial charge is 0.508 e. The third kappa shape index (κ3) is 3.05. The molecule has 3 N–H and O–H groups in total. The van der Waals surface area contributed by atoms with Crippen molar-refractivity contribution in [1.82, 2.24) is 5.32 Å². The van der Waals surface area contributed by atoms with E-state index in [1.807, 2.05) is 24.3 Å². The molecule has 1 aliphatic rings. The monoisotopic (exact) mass is 303 g/mol. The molecule has 1 saturated carbocycles. The van der Waals surface area contributed by atoms with Gasteiger partial charge in [-0.15, -0.1) is 0 Å². The summed E-state index contributed by atoms with van der Waals surface area (Å²) in [5, 5.41) is 23.4. The van der Waals surface area contributed by atoms with Gasteiger partial charge < -0.3 is 15.5 Å². The van der Waals surface area contributed by atoms with Crippen LogP contribution in [0.25, 0.3) is 0 Å². The van der Waals surface area contributed by atoms with Crippen LogP contribution >= 0.6 is 11.6 Å². The van der Waals surface area contributed by atoms with E-state index in [9.17, 15) is 10.2 Å². The molecule has 3 nitrogen and oxygen atoms in total. The third-order valence-corrected chi connectivity index (χ3v) is 4.29. The lowest BCUT2D eigenvalue weighted by molar-refractivity contribution is -0.00213. The van der Waals surface area contributed by atoms with Crippen molar-refractivity contribution in [2.24, 2.45) is 0 Å². The molecule has 3 rings (SSSR count). The molecule has 0 bridgehead atoms. The van der Waals surface area contributed by atoms with Gasteiger partial charge in [-0.05, 0) is 42.2 Å². The Kier molecular flexibility index (Phi) is 3.89. The highest BCUT2D eigenvalue weighted by atomic mass is 35.5. The van der Waals surface area contributed by atoms with Crippen LogP contribution in [0.1, 0.15) is 24.0 Å². The summed E-state index contributed by atoms with van der Waals surface area (Å²) in [6.45, 7) is 0.593. The standard InChI is InChI=1S/C17H18ClNO2/c18-14-6-12(7-15(20)8-14)11-19-17(9-16(21)10-17)13-4-2-1-3-5-13/h1-8,16,19-21H,9-11H2. The molecule has 4 heteroatoms. The highest BCUT2D eigenvalue weighted by Gasteiger charge is 2.44. The first-order chi connectivity index (χ1) is 10.1. The summed E-state index contributed by atoms with van der Waals surface area (Å²) in [6, 6.07) is 15.2. The van der Waals surface area contributed by atoms with Gasteiger partial charge in [-0.25, -0.2) is 0 Å². The molecular formula is C17H18ClNO2.